The SMILES string of the molecule is O[C@@H]1CN(c2ccnc(-c3ccc4c(c3)OCO4)c2)C[C@H]1Cc1ccncc1. The molecule has 6 nitrogen and oxygen atoms in total. The van der Waals surface area contributed by atoms with Crippen LogP contribution in [0.2, 0.25) is 0 Å². The van der Waals surface area contributed by atoms with Crippen LogP contribution in [0.3, 0.4) is 0 Å². The maximum Gasteiger partial charge on any atom is 0.231 e. The van der Waals surface area contributed by atoms with Gasteiger partial charge in [0, 0.05) is 48.8 Å². The van der Waals surface area contributed by atoms with Gasteiger partial charge in [0.15, 0.2) is 11.5 Å². The quantitative estimate of drug-likeness (QED) is 0.756. The smallest absolute Gasteiger partial charge is 0.231 e. The highest BCUT2D eigenvalue weighted by Gasteiger charge is 2.31. The lowest BCUT2D eigenvalue weighted by Gasteiger charge is -2.19. The van der Waals surface area contributed by atoms with E-state index < -0.39 is 0 Å². The van der Waals surface area contributed by atoms with Crippen LogP contribution in [-0.2, 0) is 6.42 Å². The van der Waals surface area contributed by atoms with Gasteiger partial charge in [-0.2, -0.15) is 0 Å². The molecule has 0 unspecified atom stereocenters. The molecule has 142 valence electrons. The molecule has 28 heavy (non-hydrogen) atoms. The van der Waals surface area contributed by atoms with Gasteiger partial charge in [-0.05, 0) is 54.4 Å². The second-order valence-electron chi connectivity index (χ2n) is 7.26. The Hall–Kier alpha value is -3.12. The van der Waals surface area contributed by atoms with Crippen molar-refractivity contribution in [1.29, 1.82) is 0 Å². The summed E-state index contributed by atoms with van der Waals surface area (Å²) in [5.41, 5.74) is 4.14. The summed E-state index contributed by atoms with van der Waals surface area (Å²) in [5.74, 6) is 1.71. The Morgan fingerprint density at radius 1 is 0.964 bits per heavy atom. The highest BCUT2D eigenvalue weighted by atomic mass is 16.7. The van der Waals surface area contributed by atoms with Crippen molar-refractivity contribution in [2.24, 2.45) is 5.92 Å². The monoisotopic (exact) mass is 375 g/mol. The minimum atomic E-state index is -0.352. The third kappa shape index (κ3) is 3.27. The van der Waals surface area contributed by atoms with E-state index in [0.717, 1.165) is 41.4 Å². The predicted molar refractivity (Wildman–Crippen MR) is 105 cm³/mol. The van der Waals surface area contributed by atoms with E-state index in [1.165, 1.54) is 5.56 Å². The van der Waals surface area contributed by atoms with Gasteiger partial charge >= 0.3 is 0 Å². The summed E-state index contributed by atoms with van der Waals surface area (Å²) >= 11 is 0. The van der Waals surface area contributed by atoms with E-state index in [4.69, 9.17) is 9.47 Å². The fourth-order valence-electron chi connectivity index (χ4n) is 3.92. The van der Waals surface area contributed by atoms with Crippen molar-refractivity contribution < 1.29 is 14.6 Å². The summed E-state index contributed by atoms with van der Waals surface area (Å²) in [4.78, 5) is 10.8. The van der Waals surface area contributed by atoms with Crippen molar-refractivity contribution in [1.82, 2.24) is 9.97 Å². The zero-order valence-electron chi connectivity index (χ0n) is 15.4. The molecule has 0 bridgehead atoms. The van der Waals surface area contributed by atoms with E-state index in [2.05, 4.69) is 20.9 Å². The maximum absolute atomic E-state index is 10.6. The number of aromatic nitrogens is 2. The van der Waals surface area contributed by atoms with E-state index in [9.17, 15) is 5.11 Å². The van der Waals surface area contributed by atoms with Gasteiger partial charge in [0.2, 0.25) is 6.79 Å². The average Bonchev–Trinajstić information content (AvgIpc) is 3.35. The third-order valence-corrected chi connectivity index (χ3v) is 5.43. The molecule has 0 radical (unpaired) electrons. The summed E-state index contributed by atoms with van der Waals surface area (Å²) < 4.78 is 10.9. The van der Waals surface area contributed by atoms with E-state index >= 15 is 0 Å². The van der Waals surface area contributed by atoms with Gasteiger partial charge in [0.25, 0.3) is 0 Å². The van der Waals surface area contributed by atoms with Gasteiger partial charge < -0.3 is 19.5 Å². The maximum atomic E-state index is 10.6. The van der Waals surface area contributed by atoms with Crippen molar-refractivity contribution >= 4 is 5.69 Å². The number of hydrogen-bond acceptors (Lipinski definition) is 6. The fraction of sp³-hybridized carbons (Fsp3) is 0.273. The molecule has 2 aromatic heterocycles. The van der Waals surface area contributed by atoms with Crippen LogP contribution < -0.4 is 14.4 Å². The van der Waals surface area contributed by atoms with Crippen LogP contribution in [0.1, 0.15) is 5.56 Å². The standard InChI is InChI=1S/C22H21N3O3/c26-20-13-25(12-17(20)9-15-3-6-23-7-4-15)18-5-8-24-19(11-18)16-1-2-21-22(10-16)28-14-27-21/h1-8,10-11,17,20,26H,9,12-14H2/t17-,20-/m1/s1. The van der Waals surface area contributed by atoms with E-state index in [-0.39, 0.29) is 18.8 Å². The number of pyridine rings is 2. The predicted octanol–water partition coefficient (Wildman–Crippen LogP) is 2.91. The highest BCUT2D eigenvalue weighted by molar-refractivity contribution is 5.68. The minimum absolute atomic E-state index is 0.199. The number of hydrogen-bond donors (Lipinski definition) is 1. The molecular weight excluding hydrogens is 354 g/mol. The van der Waals surface area contributed by atoms with Gasteiger partial charge in [-0.15, -0.1) is 0 Å². The number of aliphatic hydroxyl groups excluding tert-OH is 1. The first-order valence-electron chi connectivity index (χ1n) is 9.44. The topological polar surface area (TPSA) is 67.7 Å². The minimum Gasteiger partial charge on any atom is -0.454 e. The summed E-state index contributed by atoms with van der Waals surface area (Å²) in [6, 6.07) is 14.0. The van der Waals surface area contributed by atoms with Crippen LogP contribution in [0.4, 0.5) is 5.69 Å². The number of β-amino-alcohol motifs (C(OH)–C–C–N with tert-alkyl or cyclic N) is 1. The Bertz CT molecular complexity index is 980. The lowest BCUT2D eigenvalue weighted by Crippen LogP contribution is -2.21. The van der Waals surface area contributed by atoms with Gasteiger partial charge in [-0.3, -0.25) is 9.97 Å². The number of benzene rings is 1. The van der Waals surface area contributed by atoms with Gasteiger partial charge in [0.05, 0.1) is 11.8 Å². The summed E-state index contributed by atoms with van der Waals surface area (Å²) in [5, 5.41) is 10.6. The highest BCUT2D eigenvalue weighted by Crippen LogP contribution is 2.36. The third-order valence-electron chi connectivity index (χ3n) is 5.43. The molecule has 0 spiro atoms. The molecule has 1 fully saturated rings. The first-order valence-corrected chi connectivity index (χ1v) is 9.44. The Morgan fingerprint density at radius 3 is 2.71 bits per heavy atom. The van der Waals surface area contributed by atoms with Crippen molar-refractivity contribution in [3.63, 3.8) is 0 Å². The van der Waals surface area contributed by atoms with Crippen LogP contribution >= 0.6 is 0 Å². The van der Waals surface area contributed by atoms with Gasteiger partial charge in [-0.25, -0.2) is 0 Å². The van der Waals surface area contributed by atoms with Crippen LogP contribution in [0.25, 0.3) is 11.3 Å². The molecule has 0 aliphatic carbocycles. The molecule has 6 heteroatoms. The normalized spacial score (nSPS) is 20.5. The van der Waals surface area contributed by atoms with E-state index in [1.54, 1.807) is 12.4 Å². The molecular formula is C22H21N3O3. The lowest BCUT2D eigenvalue weighted by molar-refractivity contribution is 0.148. The van der Waals surface area contributed by atoms with Crippen molar-refractivity contribution in [2.75, 3.05) is 24.8 Å². The number of nitrogens with zero attached hydrogens (tertiary/aromatic N) is 3. The zero-order chi connectivity index (χ0) is 18.9. The molecule has 1 saturated heterocycles. The number of anilines is 1. The van der Waals surface area contributed by atoms with Crippen molar-refractivity contribution in [3.05, 3.63) is 66.6 Å². The van der Waals surface area contributed by atoms with Crippen LogP contribution in [0, 0.1) is 5.92 Å². The molecule has 0 amide bonds. The second-order valence-corrected chi connectivity index (χ2v) is 7.26. The molecule has 1 N–H and O–H groups in total. The number of aliphatic hydroxyl groups is 1. The van der Waals surface area contributed by atoms with Gasteiger partial charge in [0.1, 0.15) is 0 Å². The Kier molecular flexibility index (Phi) is 4.33. The molecule has 2 aliphatic rings. The molecule has 3 aromatic rings. The van der Waals surface area contributed by atoms with E-state index in [0.29, 0.717) is 6.54 Å². The first kappa shape index (κ1) is 17.0. The van der Waals surface area contributed by atoms with E-state index in [1.807, 2.05) is 42.6 Å². The number of rotatable bonds is 4. The van der Waals surface area contributed by atoms with Crippen molar-refractivity contribution in [3.8, 4) is 22.8 Å². The first-order chi connectivity index (χ1) is 13.8. The molecule has 4 heterocycles. The van der Waals surface area contributed by atoms with Crippen LogP contribution in [-0.4, -0.2) is 41.1 Å². The summed E-state index contributed by atoms with van der Waals surface area (Å²) in [7, 11) is 0. The molecule has 2 aliphatic heterocycles. The van der Waals surface area contributed by atoms with Crippen molar-refractivity contribution in [2.45, 2.75) is 12.5 Å². The Balaban J connectivity index is 1.35. The van der Waals surface area contributed by atoms with Crippen LogP contribution in [0.5, 0.6) is 11.5 Å². The van der Waals surface area contributed by atoms with Gasteiger partial charge in [-0.1, -0.05) is 0 Å². The second kappa shape index (κ2) is 7.13. The zero-order valence-corrected chi connectivity index (χ0v) is 15.4. The number of ether oxygens (including phenoxy) is 2. The molecule has 2 atom stereocenters. The summed E-state index contributed by atoms with van der Waals surface area (Å²) in [6.45, 7) is 1.70. The largest absolute Gasteiger partial charge is 0.454 e. The fourth-order valence-corrected chi connectivity index (χ4v) is 3.92. The Labute approximate surface area is 163 Å². The summed E-state index contributed by atoms with van der Waals surface area (Å²) in [6.07, 6.45) is 5.91. The molecule has 1 aromatic carbocycles. The number of fused-ring (bicyclic) bond motifs is 1. The average molecular weight is 375 g/mol. The van der Waals surface area contributed by atoms with Crippen LogP contribution in [0.15, 0.2) is 61.1 Å². The molecule has 5 rings (SSSR count). The lowest BCUT2D eigenvalue weighted by atomic mass is 9.97. The molecule has 0 saturated carbocycles. The Morgan fingerprint density at radius 2 is 1.82 bits per heavy atom.